The molecule has 36 heavy (non-hydrogen) atoms. The number of halogens is 2. The van der Waals surface area contributed by atoms with Crippen LogP contribution in [0.3, 0.4) is 0 Å². The Kier molecular flexibility index (Phi) is 6.76. The zero-order valence-electron chi connectivity index (χ0n) is 20.9. The second-order valence-corrected chi connectivity index (χ2v) is 10.4. The lowest BCUT2D eigenvalue weighted by molar-refractivity contribution is -0.130. The minimum atomic E-state index is -2.71. The average Bonchev–Trinajstić information content (AvgIpc) is 2.88. The summed E-state index contributed by atoms with van der Waals surface area (Å²) in [7, 11) is 0. The Morgan fingerprint density at radius 2 is 1.97 bits per heavy atom. The lowest BCUT2D eigenvalue weighted by atomic mass is 9.79. The molecule has 9 nitrogen and oxygen atoms in total. The molecule has 0 aromatic carbocycles. The van der Waals surface area contributed by atoms with Crippen LogP contribution in [-0.4, -0.2) is 94.8 Å². The van der Waals surface area contributed by atoms with Crippen LogP contribution in [-0.2, 0) is 10.2 Å². The van der Waals surface area contributed by atoms with E-state index in [9.17, 15) is 13.6 Å². The third-order valence-corrected chi connectivity index (χ3v) is 7.81. The van der Waals surface area contributed by atoms with Crippen LogP contribution in [0.4, 0.5) is 14.6 Å². The predicted molar refractivity (Wildman–Crippen MR) is 134 cm³/mol. The van der Waals surface area contributed by atoms with Gasteiger partial charge in [0.2, 0.25) is 5.91 Å². The van der Waals surface area contributed by atoms with E-state index < -0.39 is 11.8 Å². The van der Waals surface area contributed by atoms with Crippen molar-refractivity contribution in [1.29, 1.82) is 0 Å². The summed E-state index contributed by atoms with van der Waals surface area (Å²) in [5.74, 6) is -1.83. The highest BCUT2D eigenvalue weighted by Gasteiger charge is 2.41. The van der Waals surface area contributed by atoms with Gasteiger partial charge in [-0.25, -0.2) is 18.7 Å². The number of fused-ring (bicyclic) bond motifs is 1. The van der Waals surface area contributed by atoms with Crippen LogP contribution >= 0.6 is 0 Å². The van der Waals surface area contributed by atoms with Gasteiger partial charge in [-0.15, -0.1) is 0 Å². The van der Waals surface area contributed by atoms with Gasteiger partial charge < -0.3 is 20.4 Å². The molecule has 5 rings (SSSR count). The summed E-state index contributed by atoms with van der Waals surface area (Å²) in [5, 5.41) is 6.24. The maximum atomic E-state index is 14.4. The van der Waals surface area contributed by atoms with Crippen molar-refractivity contribution in [3.05, 3.63) is 24.2 Å². The Balaban J connectivity index is 1.34. The molecule has 5 heterocycles. The topological polar surface area (TPSA) is 98.6 Å². The molecule has 2 N–H and O–H groups in total. The molecular formula is C25H34F2N8O. The summed E-state index contributed by atoms with van der Waals surface area (Å²) in [6.45, 7) is 8.09. The number of piperidine rings is 1. The smallest absolute Gasteiger partial charge is 0.255 e. The third kappa shape index (κ3) is 4.98. The van der Waals surface area contributed by atoms with Crippen molar-refractivity contribution in [2.45, 2.75) is 44.4 Å². The number of alkyl halides is 2. The van der Waals surface area contributed by atoms with Crippen LogP contribution in [0.25, 0.3) is 11.0 Å². The van der Waals surface area contributed by atoms with E-state index in [1.807, 2.05) is 11.0 Å². The number of hydrogen-bond donors (Lipinski definition) is 2. The first-order chi connectivity index (χ1) is 17.2. The quantitative estimate of drug-likeness (QED) is 0.665. The van der Waals surface area contributed by atoms with Crippen molar-refractivity contribution in [2.24, 2.45) is 10.9 Å². The molecule has 2 fully saturated rings. The molecule has 2 atom stereocenters. The number of nitrogens with one attached hydrogen (secondary N) is 2. The summed E-state index contributed by atoms with van der Waals surface area (Å²) in [4.78, 5) is 34.5. The number of carbonyl (C=O) groups excluding carboxylic acids is 1. The van der Waals surface area contributed by atoms with Crippen LogP contribution in [0.2, 0.25) is 0 Å². The first-order valence-electron chi connectivity index (χ1n) is 12.7. The average molecular weight is 501 g/mol. The normalized spacial score (nSPS) is 26.6. The number of pyridine rings is 1. The summed E-state index contributed by atoms with van der Waals surface area (Å²) < 4.78 is 28.8. The van der Waals surface area contributed by atoms with E-state index in [2.05, 4.69) is 32.4 Å². The highest BCUT2D eigenvalue weighted by Crippen LogP contribution is 2.35. The maximum absolute atomic E-state index is 14.4. The first-order valence-corrected chi connectivity index (χ1v) is 12.7. The molecule has 1 amide bonds. The van der Waals surface area contributed by atoms with Gasteiger partial charge in [0.1, 0.15) is 5.52 Å². The molecule has 2 saturated heterocycles. The van der Waals surface area contributed by atoms with Crippen LogP contribution in [0.5, 0.6) is 0 Å². The standard InChI is InChI=1S/C25H34F2N8O/c1-17(36)34-9-11-35(12-10-34)21-3-4-24(2,16-32-21)20-13-19-22(30-8-7-29-19)23(33-20)31-15-18-14-28-6-5-25(18,26)27/h7-8,13,18,28H,3-6,9-12,14-16H2,1-2H3,(H,31,33). The van der Waals surface area contributed by atoms with Crippen LogP contribution in [0.15, 0.2) is 23.5 Å². The van der Waals surface area contributed by atoms with Gasteiger partial charge in [0.25, 0.3) is 5.92 Å². The molecule has 0 aliphatic carbocycles. The van der Waals surface area contributed by atoms with Gasteiger partial charge in [-0.3, -0.25) is 14.8 Å². The van der Waals surface area contributed by atoms with Crippen LogP contribution in [0, 0.1) is 5.92 Å². The molecule has 3 aliphatic rings. The SMILES string of the molecule is CC(=O)N1CCN(C2=NCC(C)(c3cc4nccnc4c(NCC4CNCCC4(F)F)n3)CC2)CC1. The van der Waals surface area contributed by atoms with Crippen molar-refractivity contribution >= 4 is 28.6 Å². The fraction of sp³-hybridized carbons (Fsp3) is 0.640. The van der Waals surface area contributed by atoms with Gasteiger partial charge in [0.05, 0.1) is 29.5 Å². The van der Waals surface area contributed by atoms with Crippen LogP contribution < -0.4 is 10.6 Å². The summed E-state index contributed by atoms with van der Waals surface area (Å²) in [6, 6.07) is 1.95. The first kappa shape index (κ1) is 24.7. The van der Waals surface area contributed by atoms with Crippen molar-refractivity contribution in [2.75, 3.05) is 57.7 Å². The molecule has 0 saturated carbocycles. The largest absolute Gasteiger partial charge is 0.368 e. The number of carbonyl (C=O) groups is 1. The van der Waals surface area contributed by atoms with E-state index in [-0.39, 0.29) is 30.8 Å². The fourth-order valence-electron chi connectivity index (χ4n) is 5.29. The number of anilines is 1. The number of rotatable bonds is 4. The Morgan fingerprint density at radius 1 is 1.19 bits per heavy atom. The predicted octanol–water partition coefficient (Wildman–Crippen LogP) is 2.30. The van der Waals surface area contributed by atoms with Gasteiger partial charge in [0.15, 0.2) is 5.82 Å². The fourth-order valence-corrected chi connectivity index (χ4v) is 5.29. The molecule has 3 aliphatic heterocycles. The number of amidine groups is 1. The molecule has 2 aromatic heterocycles. The molecule has 0 spiro atoms. The summed E-state index contributed by atoms with van der Waals surface area (Å²) in [5.41, 5.74) is 1.81. The van der Waals surface area contributed by atoms with E-state index >= 15 is 0 Å². The zero-order valence-corrected chi connectivity index (χ0v) is 20.9. The van der Waals surface area contributed by atoms with Gasteiger partial charge in [-0.1, -0.05) is 6.92 Å². The van der Waals surface area contributed by atoms with E-state index in [1.54, 1.807) is 19.3 Å². The minimum Gasteiger partial charge on any atom is -0.368 e. The molecule has 11 heteroatoms. The van der Waals surface area contributed by atoms with E-state index in [4.69, 9.17) is 9.98 Å². The third-order valence-electron chi connectivity index (χ3n) is 7.81. The Bertz CT molecular complexity index is 1150. The lowest BCUT2D eigenvalue weighted by Gasteiger charge is -2.40. The second-order valence-electron chi connectivity index (χ2n) is 10.4. The second kappa shape index (κ2) is 9.84. The summed E-state index contributed by atoms with van der Waals surface area (Å²) in [6.07, 6.45) is 4.75. The Morgan fingerprint density at radius 3 is 2.67 bits per heavy atom. The number of hydrogen-bond acceptors (Lipinski definition) is 8. The molecule has 2 unspecified atom stereocenters. The van der Waals surface area contributed by atoms with Crippen molar-refractivity contribution in [1.82, 2.24) is 30.1 Å². The van der Waals surface area contributed by atoms with Gasteiger partial charge in [0, 0.05) is 83.4 Å². The van der Waals surface area contributed by atoms with Crippen molar-refractivity contribution in [3.63, 3.8) is 0 Å². The highest BCUT2D eigenvalue weighted by atomic mass is 19.3. The molecule has 194 valence electrons. The number of aliphatic imine (C=N–C) groups is 1. The monoisotopic (exact) mass is 500 g/mol. The zero-order chi connectivity index (χ0) is 25.3. The van der Waals surface area contributed by atoms with Gasteiger partial charge >= 0.3 is 0 Å². The Hall–Kier alpha value is -2.95. The van der Waals surface area contributed by atoms with E-state index in [0.717, 1.165) is 50.6 Å². The number of nitrogens with zero attached hydrogens (tertiary/aromatic N) is 6. The highest BCUT2D eigenvalue weighted by molar-refractivity contribution is 5.86. The van der Waals surface area contributed by atoms with E-state index in [1.165, 1.54) is 0 Å². The van der Waals surface area contributed by atoms with Gasteiger partial charge in [-0.05, 0) is 12.5 Å². The number of aromatic nitrogens is 3. The van der Waals surface area contributed by atoms with Crippen molar-refractivity contribution in [3.8, 4) is 0 Å². The molecule has 0 bridgehead atoms. The maximum Gasteiger partial charge on any atom is 0.255 e. The van der Waals surface area contributed by atoms with Crippen LogP contribution in [0.1, 0.15) is 38.8 Å². The van der Waals surface area contributed by atoms with E-state index in [0.29, 0.717) is 29.9 Å². The molecule has 0 radical (unpaired) electrons. The molecule has 2 aromatic rings. The minimum absolute atomic E-state index is 0.105. The molecular weight excluding hydrogens is 466 g/mol. The Labute approximate surface area is 209 Å². The lowest BCUT2D eigenvalue weighted by Crippen LogP contribution is -2.51. The van der Waals surface area contributed by atoms with Crippen molar-refractivity contribution < 1.29 is 13.6 Å². The van der Waals surface area contributed by atoms with Gasteiger partial charge in [-0.2, -0.15) is 0 Å². The number of amides is 1. The summed E-state index contributed by atoms with van der Waals surface area (Å²) >= 11 is 0. The number of piperazine rings is 1.